The molecule has 2 aliphatic rings. The smallest absolute Gasteiger partial charge is 0.170 e. The van der Waals surface area contributed by atoms with Crippen molar-refractivity contribution in [3.8, 4) is 5.69 Å². The quantitative estimate of drug-likeness (QED) is 0.923. The van der Waals surface area contributed by atoms with Gasteiger partial charge in [-0.1, -0.05) is 18.2 Å². The summed E-state index contributed by atoms with van der Waals surface area (Å²) in [5.41, 5.74) is 1.51. The van der Waals surface area contributed by atoms with Gasteiger partial charge in [0.1, 0.15) is 0 Å². The fourth-order valence-electron chi connectivity index (χ4n) is 3.58. The van der Waals surface area contributed by atoms with Crippen molar-refractivity contribution in [2.24, 2.45) is 5.41 Å². The zero-order valence-electron chi connectivity index (χ0n) is 12.5. The van der Waals surface area contributed by atoms with Crippen LogP contribution in [0.4, 0.5) is 0 Å². The second-order valence-electron chi connectivity index (χ2n) is 6.23. The first-order valence-electron chi connectivity index (χ1n) is 7.61. The number of halogens is 1. The predicted molar refractivity (Wildman–Crippen MR) is 86.2 cm³/mol. The molecule has 0 aliphatic carbocycles. The van der Waals surface area contributed by atoms with Crippen molar-refractivity contribution >= 4 is 12.4 Å². The monoisotopic (exact) mass is 320 g/mol. The summed E-state index contributed by atoms with van der Waals surface area (Å²) in [4.78, 5) is 2.48. The molecule has 3 heterocycles. The minimum absolute atomic E-state index is 0. The Morgan fingerprint density at radius 2 is 2.05 bits per heavy atom. The van der Waals surface area contributed by atoms with Gasteiger partial charge in [-0.3, -0.25) is 4.90 Å². The number of benzene rings is 1. The van der Waals surface area contributed by atoms with E-state index in [1.165, 1.54) is 12.8 Å². The third-order valence-corrected chi connectivity index (χ3v) is 4.75. The summed E-state index contributed by atoms with van der Waals surface area (Å²) in [5.74, 6) is 0.921. The summed E-state index contributed by atoms with van der Waals surface area (Å²) in [5, 5.41) is 15.7. The van der Waals surface area contributed by atoms with Crippen LogP contribution in [0, 0.1) is 5.41 Å². The van der Waals surface area contributed by atoms with Crippen molar-refractivity contribution < 1.29 is 0 Å². The van der Waals surface area contributed by atoms with Crippen LogP contribution in [0.2, 0.25) is 0 Å². The summed E-state index contributed by atoms with van der Waals surface area (Å²) in [6, 6.07) is 10.1. The molecule has 118 valence electrons. The molecule has 0 amide bonds. The Morgan fingerprint density at radius 3 is 2.82 bits per heavy atom. The highest BCUT2D eigenvalue weighted by Gasteiger charge is 2.40. The first-order chi connectivity index (χ1) is 10.3. The van der Waals surface area contributed by atoms with Crippen LogP contribution in [-0.4, -0.2) is 51.3 Å². The van der Waals surface area contributed by atoms with E-state index in [1.807, 2.05) is 35.0 Å². The number of likely N-dealkylation sites (tertiary alicyclic amines) is 1. The first kappa shape index (κ1) is 15.4. The maximum atomic E-state index is 4.22. The van der Waals surface area contributed by atoms with Gasteiger partial charge in [0.05, 0.1) is 12.2 Å². The van der Waals surface area contributed by atoms with Crippen LogP contribution in [0.5, 0.6) is 0 Å². The van der Waals surface area contributed by atoms with Gasteiger partial charge in [0, 0.05) is 13.1 Å². The van der Waals surface area contributed by atoms with E-state index in [-0.39, 0.29) is 12.4 Å². The molecule has 22 heavy (non-hydrogen) atoms. The second kappa shape index (κ2) is 6.32. The van der Waals surface area contributed by atoms with Gasteiger partial charge in [-0.25, -0.2) is 0 Å². The normalized spacial score (nSPS) is 24.7. The molecule has 2 aromatic rings. The van der Waals surface area contributed by atoms with E-state index in [0.29, 0.717) is 5.41 Å². The summed E-state index contributed by atoms with van der Waals surface area (Å²) in [6.45, 7) is 5.44. The van der Waals surface area contributed by atoms with Crippen molar-refractivity contribution in [1.29, 1.82) is 0 Å². The molecule has 7 heteroatoms. The minimum atomic E-state index is 0. The number of aromatic nitrogens is 4. The van der Waals surface area contributed by atoms with Crippen LogP contribution >= 0.6 is 12.4 Å². The fourth-order valence-corrected chi connectivity index (χ4v) is 3.58. The lowest BCUT2D eigenvalue weighted by atomic mass is 9.87. The molecule has 2 fully saturated rings. The molecule has 4 rings (SSSR count). The van der Waals surface area contributed by atoms with Crippen molar-refractivity contribution in [1.82, 2.24) is 30.4 Å². The Labute approximate surface area is 136 Å². The van der Waals surface area contributed by atoms with Crippen LogP contribution in [0.15, 0.2) is 30.3 Å². The molecule has 1 atom stereocenters. The lowest BCUT2D eigenvalue weighted by Gasteiger charge is -2.22. The lowest BCUT2D eigenvalue weighted by molar-refractivity contribution is 0.262. The standard InChI is InChI=1S/C15H20N6.ClH/c1-2-4-13(5-3-1)21-14(17-18-19-21)10-20-9-7-15(12-20)6-8-16-11-15;/h1-5,16H,6-12H2;1H. The van der Waals surface area contributed by atoms with Gasteiger partial charge in [0.25, 0.3) is 0 Å². The first-order valence-corrected chi connectivity index (χ1v) is 7.61. The highest BCUT2D eigenvalue weighted by Crippen LogP contribution is 2.36. The van der Waals surface area contributed by atoms with Crippen LogP contribution in [0.25, 0.3) is 5.69 Å². The summed E-state index contributed by atoms with van der Waals surface area (Å²) in [6.07, 6.45) is 2.58. The average Bonchev–Trinajstić information content (AvgIpc) is 3.24. The third kappa shape index (κ3) is 2.86. The van der Waals surface area contributed by atoms with Crippen molar-refractivity contribution in [3.05, 3.63) is 36.2 Å². The van der Waals surface area contributed by atoms with E-state index in [1.54, 1.807) is 0 Å². The van der Waals surface area contributed by atoms with E-state index in [0.717, 1.165) is 44.2 Å². The summed E-state index contributed by atoms with van der Waals surface area (Å²) < 4.78 is 1.85. The van der Waals surface area contributed by atoms with E-state index in [9.17, 15) is 0 Å². The van der Waals surface area contributed by atoms with Gasteiger partial charge >= 0.3 is 0 Å². The molecule has 0 radical (unpaired) electrons. The van der Waals surface area contributed by atoms with E-state index < -0.39 is 0 Å². The number of nitrogens with zero attached hydrogens (tertiary/aromatic N) is 5. The molecule has 1 spiro atoms. The highest BCUT2D eigenvalue weighted by molar-refractivity contribution is 5.85. The van der Waals surface area contributed by atoms with E-state index in [2.05, 4.69) is 25.7 Å². The highest BCUT2D eigenvalue weighted by atomic mass is 35.5. The van der Waals surface area contributed by atoms with Crippen LogP contribution < -0.4 is 5.32 Å². The number of hydrogen-bond acceptors (Lipinski definition) is 5. The number of nitrogens with one attached hydrogen (secondary N) is 1. The Balaban J connectivity index is 0.00000144. The molecule has 2 saturated heterocycles. The van der Waals surface area contributed by atoms with Crippen LogP contribution in [0.3, 0.4) is 0 Å². The minimum Gasteiger partial charge on any atom is -0.316 e. The molecule has 6 nitrogen and oxygen atoms in total. The number of para-hydroxylation sites is 1. The van der Waals surface area contributed by atoms with Crippen molar-refractivity contribution in [2.45, 2.75) is 19.4 Å². The molecule has 1 aromatic carbocycles. The Kier molecular flexibility index (Phi) is 4.42. The van der Waals surface area contributed by atoms with E-state index >= 15 is 0 Å². The zero-order valence-corrected chi connectivity index (χ0v) is 13.3. The fraction of sp³-hybridized carbons (Fsp3) is 0.533. The largest absolute Gasteiger partial charge is 0.316 e. The molecule has 2 aliphatic heterocycles. The number of rotatable bonds is 3. The average molecular weight is 321 g/mol. The number of tetrazole rings is 1. The van der Waals surface area contributed by atoms with Crippen LogP contribution in [0.1, 0.15) is 18.7 Å². The molecule has 0 bridgehead atoms. The maximum absolute atomic E-state index is 4.22. The number of hydrogen-bond donors (Lipinski definition) is 1. The molecular weight excluding hydrogens is 300 g/mol. The van der Waals surface area contributed by atoms with Crippen molar-refractivity contribution in [3.63, 3.8) is 0 Å². The van der Waals surface area contributed by atoms with Gasteiger partial charge in [-0.15, -0.1) is 17.5 Å². The van der Waals surface area contributed by atoms with Gasteiger partial charge in [0.2, 0.25) is 0 Å². The predicted octanol–water partition coefficient (Wildman–Crippen LogP) is 1.27. The molecule has 1 unspecified atom stereocenters. The molecule has 0 saturated carbocycles. The Hall–Kier alpha value is -1.50. The zero-order chi connectivity index (χ0) is 14.1. The van der Waals surface area contributed by atoms with Crippen molar-refractivity contribution in [2.75, 3.05) is 26.2 Å². The van der Waals surface area contributed by atoms with Gasteiger partial charge in [-0.2, -0.15) is 4.68 Å². The van der Waals surface area contributed by atoms with Gasteiger partial charge < -0.3 is 5.32 Å². The Morgan fingerprint density at radius 1 is 1.18 bits per heavy atom. The van der Waals surface area contributed by atoms with Crippen LogP contribution in [-0.2, 0) is 6.54 Å². The summed E-state index contributed by atoms with van der Waals surface area (Å²) in [7, 11) is 0. The van der Waals surface area contributed by atoms with Gasteiger partial charge in [0.15, 0.2) is 5.82 Å². The Bertz CT molecular complexity index is 608. The SMILES string of the molecule is Cl.c1ccc(-n2nnnc2CN2CCC3(CCNC3)C2)cc1. The molecule has 1 N–H and O–H groups in total. The summed E-state index contributed by atoms with van der Waals surface area (Å²) >= 11 is 0. The second-order valence-corrected chi connectivity index (χ2v) is 6.23. The van der Waals surface area contributed by atoms with Gasteiger partial charge in [-0.05, 0) is 53.9 Å². The molecule has 1 aromatic heterocycles. The molecular formula is C15H21ClN6. The maximum Gasteiger partial charge on any atom is 0.170 e. The van der Waals surface area contributed by atoms with E-state index in [4.69, 9.17) is 0 Å². The topological polar surface area (TPSA) is 58.9 Å². The third-order valence-electron chi connectivity index (χ3n) is 4.75. The lowest BCUT2D eigenvalue weighted by Crippen LogP contribution is -2.29.